The summed E-state index contributed by atoms with van der Waals surface area (Å²) in [5.41, 5.74) is 1.98. The minimum atomic E-state index is -1.49. The number of likely N-dealkylation sites (N-methyl/N-ethyl adjacent to an activating group) is 1. The molecule has 0 spiro atoms. The number of benzene rings is 3. The highest BCUT2D eigenvalue weighted by molar-refractivity contribution is 6.00. The first-order chi connectivity index (χ1) is 26.0. The van der Waals surface area contributed by atoms with E-state index in [1.807, 2.05) is 56.9 Å². The van der Waals surface area contributed by atoms with Gasteiger partial charge in [0.1, 0.15) is 24.0 Å². The number of hydrogen-bond donors (Lipinski definition) is 2. The van der Waals surface area contributed by atoms with Gasteiger partial charge in [-0.15, -0.1) is 0 Å². The van der Waals surface area contributed by atoms with Crippen LogP contribution in [-0.4, -0.2) is 78.2 Å². The van der Waals surface area contributed by atoms with Crippen LogP contribution in [0.25, 0.3) is 0 Å². The van der Waals surface area contributed by atoms with E-state index in [1.165, 1.54) is 17.0 Å². The highest BCUT2D eigenvalue weighted by atomic mass is 19.1. The molecule has 2 atom stereocenters. The van der Waals surface area contributed by atoms with Gasteiger partial charge in [0.05, 0.1) is 6.04 Å². The van der Waals surface area contributed by atoms with Crippen molar-refractivity contribution in [2.24, 2.45) is 0 Å². The Morgan fingerprint density at radius 1 is 0.907 bits per heavy atom. The molecule has 1 aliphatic heterocycles. The number of aryl methyl sites for hydroxylation is 1. The smallest absolute Gasteiger partial charge is 0.413 e. The molecule has 3 amide bonds. The lowest BCUT2D eigenvalue weighted by atomic mass is 9.84. The Balaban J connectivity index is 1.67. The van der Waals surface area contributed by atoms with Crippen LogP contribution in [0.4, 0.5) is 13.6 Å². The van der Waals surface area contributed by atoms with Crippen molar-refractivity contribution in [1.29, 1.82) is 0 Å². The van der Waals surface area contributed by atoms with Crippen LogP contribution in [-0.2, 0) is 11.3 Å². The molecule has 1 saturated heterocycles. The first-order valence-corrected chi connectivity index (χ1v) is 19.1. The maximum absolute atomic E-state index is 14.8. The number of halogens is 2. The standard InChI is InChI=1S/C43H55F2N5O4/c1-7-11-12-14-32-15-13-16-33(24-32)29-46-30-54-42(53)50-21-20-48(6)39(34-26-37(44)28-38(45)27-34)43(50,17-8-2)47-40(51)35-22-31(5)23-36(25-35)41(52)49(18-9-3)19-10-4/h13,15-16,22-28,39,46H,7-11,17-21,29-30H2,1-6H3,(H,47,51). The van der Waals surface area contributed by atoms with Gasteiger partial charge in [0, 0.05) is 61.9 Å². The summed E-state index contributed by atoms with van der Waals surface area (Å²) in [7, 11) is 1.80. The lowest BCUT2D eigenvalue weighted by Crippen LogP contribution is -2.72. The van der Waals surface area contributed by atoms with E-state index in [0.29, 0.717) is 43.7 Å². The lowest BCUT2D eigenvalue weighted by Gasteiger charge is -2.55. The Labute approximate surface area is 319 Å². The Bertz CT molecular complexity index is 1800. The molecule has 54 heavy (non-hydrogen) atoms. The molecule has 9 nitrogen and oxygen atoms in total. The van der Waals surface area contributed by atoms with Crippen LogP contribution in [0.15, 0.2) is 60.7 Å². The second kappa shape index (κ2) is 20.0. The monoisotopic (exact) mass is 743 g/mol. The largest absolute Gasteiger partial charge is 0.433 e. The minimum Gasteiger partial charge on any atom is -0.433 e. The molecule has 4 rings (SSSR count). The van der Waals surface area contributed by atoms with Gasteiger partial charge in [-0.05, 0) is 98.8 Å². The number of nitrogens with zero attached hydrogens (tertiary/aromatic N) is 3. The molecule has 2 N–H and O–H groups in total. The van der Waals surface area contributed by atoms with Crippen molar-refractivity contribution in [3.63, 3.8) is 0 Å². The highest BCUT2D eigenvalue weighted by Gasteiger charge is 2.53. The molecule has 2 unspecified atom stereocenters. The quantitative estimate of drug-likeness (QED) is 0.0939. The van der Waals surface area contributed by atoms with Crippen LogP contribution in [0.5, 0.6) is 0 Å². The molecule has 0 saturated carbocycles. The molecular weight excluding hydrogens is 688 g/mol. The van der Waals surface area contributed by atoms with Gasteiger partial charge in [-0.3, -0.25) is 24.7 Å². The number of hydrogen-bond acceptors (Lipinski definition) is 6. The van der Waals surface area contributed by atoms with Crippen molar-refractivity contribution in [2.75, 3.05) is 40.0 Å². The number of nitrogens with one attached hydrogen (secondary N) is 2. The third kappa shape index (κ3) is 10.7. The maximum atomic E-state index is 14.8. The van der Waals surface area contributed by atoms with Gasteiger partial charge in [0.25, 0.3) is 11.8 Å². The molecule has 1 aliphatic rings. The average molecular weight is 744 g/mol. The predicted octanol–water partition coefficient (Wildman–Crippen LogP) is 7.79. The molecule has 0 radical (unpaired) electrons. The summed E-state index contributed by atoms with van der Waals surface area (Å²) in [5, 5.41) is 6.31. The molecule has 11 heteroatoms. The van der Waals surface area contributed by atoms with Gasteiger partial charge in [-0.2, -0.15) is 0 Å². The van der Waals surface area contributed by atoms with Gasteiger partial charge in [-0.1, -0.05) is 58.1 Å². The zero-order valence-electron chi connectivity index (χ0n) is 32.6. The summed E-state index contributed by atoms with van der Waals surface area (Å²) < 4.78 is 35.4. The molecule has 0 aromatic heterocycles. The number of piperazine rings is 1. The third-order valence-electron chi connectivity index (χ3n) is 9.46. The van der Waals surface area contributed by atoms with E-state index in [4.69, 9.17) is 4.74 Å². The number of unbranched alkanes of at least 4 members (excludes halogenated alkanes) is 1. The van der Waals surface area contributed by atoms with Gasteiger partial charge in [0.15, 0.2) is 0 Å². The normalized spacial score (nSPS) is 17.0. The summed E-state index contributed by atoms with van der Waals surface area (Å²) in [6.45, 7) is 11.8. The van der Waals surface area contributed by atoms with Crippen molar-refractivity contribution in [2.45, 2.75) is 91.4 Å². The summed E-state index contributed by atoms with van der Waals surface area (Å²) in [6.07, 6.45) is 3.44. The number of ether oxygens (including phenoxy) is 1. The van der Waals surface area contributed by atoms with E-state index in [1.54, 1.807) is 30.1 Å². The number of amides is 3. The summed E-state index contributed by atoms with van der Waals surface area (Å²) >= 11 is 0. The van der Waals surface area contributed by atoms with Crippen molar-refractivity contribution in [1.82, 2.24) is 25.3 Å². The Morgan fingerprint density at radius 2 is 1.61 bits per heavy atom. The van der Waals surface area contributed by atoms with Crippen LogP contribution in [0.1, 0.15) is 115 Å². The van der Waals surface area contributed by atoms with Gasteiger partial charge >= 0.3 is 6.09 Å². The Morgan fingerprint density at radius 3 is 2.28 bits per heavy atom. The van der Waals surface area contributed by atoms with Crippen LogP contribution in [0.2, 0.25) is 0 Å². The second-order valence-corrected chi connectivity index (χ2v) is 14.0. The van der Waals surface area contributed by atoms with Gasteiger partial charge in [0.2, 0.25) is 0 Å². The fraction of sp³-hybridized carbons (Fsp3) is 0.465. The number of carbonyl (C=O) groups excluding carboxylic acids is 3. The van der Waals surface area contributed by atoms with Crippen molar-refractivity contribution in [3.8, 4) is 11.8 Å². The topological polar surface area (TPSA) is 94.2 Å². The molecule has 1 heterocycles. The Hall–Kier alpha value is -4.79. The third-order valence-corrected chi connectivity index (χ3v) is 9.46. The van der Waals surface area contributed by atoms with Crippen LogP contribution in [0.3, 0.4) is 0 Å². The van der Waals surface area contributed by atoms with E-state index in [9.17, 15) is 23.2 Å². The SMILES string of the molecule is CCCC#Cc1cccc(CNCOC(=O)N2CCN(C)C(c3cc(F)cc(F)c3)C2(CCC)NC(=O)c2cc(C)cc(C(=O)N(CCC)CCC)c2)c1. The zero-order chi connectivity index (χ0) is 39.3. The van der Waals surface area contributed by atoms with Crippen molar-refractivity contribution >= 4 is 17.9 Å². The van der Waals surface area contributed by atoms with Gasteiger partial charge < -0.3 is 15.0 Å². The van der Waals surface area contributed by atoms with Gasteiger partial charge in [-0.25, -0.2) is 13.6 Å². The summed E-state index contributed by atoms with van der Waals surface area (Å²) in [6, 6.07) is 15.3. The van der Waals surface area contributed by atoms with E-state index >= 15 is 0 Å². The predicted molar refractivity (Wildman–Crippen MR) is 208 cm³/mol. The first-order valence-electron chi connectivity index (χ1n) is 19.1. The number of rotatable bonds is 15. The summed E-state index contributed by atoms with van der Waals surface area (Å²) in [4.78, 5) is 47.3. The van der Waals surface area contributed by atoms with Crippen molar-refractivity contribution in [3.05, 3.63) is 106 Å². The van der Waals surface area contributed by atoms with E-state index in [2.05, 4.69) is 29.4 Å². The van der Waals surface area contributed by atoms with E-state index in [0.717, 1.165) is 42.9 Å². The fourth-order valence-electron chi connectivity index (χ4n) is 7.25. The first kappa shape index (κ1) is 42.0. The lowest BCUT2D eigenvalue weighted by molar-refractivity contribution is -0.0607. The molecule has 3 aromatic carbocycles. The fourth-order valence-corrected chi connectivity index (χ4v) is 7.25. The molecule has 0 aliphatic carbocycles. The maximum Gasteiger partial charge on any atom is 0.413 e. The van der Waals surface area contributed by atoms with Crippen LogP contribution >= 0.6 is 0 Å². The molecular formula is C43H55F2N5O4. The summed E-state index contributed by atoms with van der Waals surface area (Å²) in [5.74, 6) is 4.07. The second-order valence-electron chi connectivity index (χ2n) is 14.0. The molecule has 1 fully saturated rings. The zero-order valence-corrected chi connectivity index (χ0v) is 32.6. The van der Waals surface area contributed by atoms with E-state index in [-0.39, 0.29) is 36.7 Å². The van der Waals surface area contributed by atoms with E-state index < -0.39 is 35.3 Å². The molecule has 0 bridgehead atoms. The molecule has 290 valence electrons. The highest BCUT2D eigenvalue weighted by Crippen LogP contribution is 2.41. The Kier molecular flexibility index (Phi) is 15.6. The number of carbonyl (C=O) groups is 3. The average Bonchev–Trinajstić information content (AvgIpc) is 3.12. The molecule has 3 aromatic rings. The minimum absolute atomic E-state index is 0.123. The van der Waals surface area contributed by atoms with Crippen molar-refractivity contribution < 1.29 is 27.9 Å². The van der Waals surface area contributed by atoms with Crippen LogP contribution in [0, 0.1) is 30.4 Å². The van der Waals surface area contributed by atoms with Crippen LogP contribution < -0.4 is 10.6 Å².